The van der Waals surface area contributed by atoms with Crippen molar-refractivity contribution >= 4 is 32.7 Å². The molecule has 0 saturated heterocycles. The third-order valence-corrected chi connectivity index (χ3v) is 3.70. The van der Waals surface area contributed by atoms with Gasteiger partial charge in [0.15, 0.2) is 5.13 Å². The van der Waals surface area contributed by atoms with Gasteiger partial charge in [-0.25, -0.2) is 4.98 Å². The topological polar surface area (TPSA) is 42.4 Å². The van der Waals surface area contributed by atoms with Crippen molar-refractivity contribution in [2.75, 3.05) is 25.1 Å². The molecule has 4 nitrogen and oxygen atoms in total. The van der Waals surface area contributed by atoms with Crippen LogP contribution in [0, 0.1) is 5.92 Å². The number of nitrogens with zero attached hydrogens (tertiary/aromatic N) is 2. The van der Waals surface area contributed by atoms with Crippen molar-refractivity contribution in [2.45, 2.75) is 13.8 Å². The zero-order valence-electron chi connectivity index (χ0n) is 11.4. The summed E-state index contributed by atoms with van der Waals surface area (Å²) < 4.78 is 6.29. The first-order valence-corrected chi connectivity index (χ1v) is 7.10. The molecule has 1 aromatic heterocycles. The van der Waals surface area contributed by atoms with Crippen LogP contribution in [0.5, 0.6) is 0 Å². The molecule has 1 heterocycles. The van der Waals surface area contributed by atoms with Gasteiger partial charge in [-0.05, 0) is 18.1 Å². The van der Waals surface area contributed by atoms with Gasteiger partial charge in [-0.3, -0.25) is 4.79 Å². The zero-order chi connectivity index (χ0) is 13.8. The van der Waals surface area contributed by atoms with Gasteiger partial charge in [-0.2, -0.15) is 0 Å². The quantitative estimate of drug-likeness (QED) is 0.789. The van der Waals surface area contributed by atoms with E-state index in [9.17, 15) is 4.79 Å². The second-order valence-corrected chi connectivity index (χ2v) is 5.91. The summed E-state index contributed by atoms with van der Waals surface area (Å²) in [6.45, 7) is 4.73. The number of likely N-dealkylation sites (N-methyl/N-ethyl adjacent to an activating group) is 1. The normalized spacial score (nSPS) is 10.9. The van der Waals surface area contributed by atoms with Gasteiger partial charge in [-0.15, -0.1) is 0 Å². The molecular formula is C14H18N2O2S. The molecule has 0 unspecified atom stereocenters. The molecular weight excluding hydrogens is 260 g/mol. The number of thiazole rings is 1. The fourth-order valence-corrected chi connectivity index (χ4v) is 2.52. The summed E-state index contributed by atoms with van der Waals surface area (Å²) in [6.07, 6.45) is 0. The van der Waals surface area contributed by atoms with E-state index in [1.807, 2.05) is 50.1 Å². The average molecular weight is 278 g/mol. The first-order valence-electron chi connectivity index (χ1n) is 6.28. The highest BCUT2D eigenvalue weighted by molar-refractivity contribution is 7.22. The lowest BCUT2D eigenvalue weighted by Crippen LogP contribution is -2.27. The number of ether oxygens (including phenoxy) is 1. The minimum Gasteiger partial charge on any atom is -0.464 e. The van der Waals surface area contributed by atoms with Gasteiger partial charge in [0.2, 0.25) is 0 Å². The van der Waals surface area contributed by atoms with Crippen molar-refractivity contribution in [2.24, 2.45) is 5.92 Å². The Kier molecular flexibility index (Phi) is 4.37. The Morgan fingerprint density at radius 3 is 2.84 bits per heavy atom. The molecule has 0 aliphatic rings. The molecule has 0 N–H and O–H groups in total. The molecule has 0 bridgehead atoms. The lowest BCUT2D eigenvalue weighted by atomic mass is 10.2. The minimum absolute atomic E-state index is 0.213. The van der Waals surface area contributed by atoms with Crippen molar-refractivity contribution < 1.29 is 9.53 Å². The number of hydrogen-bond acceptors (Lipinski definition) is 5. The fraction of sp³-hybridized carbons (Fsp3) is 0.429. The van der Waals surface area contributed by atoms with Crippen LogP contribution in [0.1, 0.15) is 13.8 Å². The summed E-state index contributed by atoms with van der Waals surface area (Å²) >= 11 is 1.58. The Labute approximate surface area is 117 Å². The molecule has 0 radical (unpaired) electrons. The Hall–Kier alpha value is -1.62. The van der Waals surface area contributed by atoms with Crippen LogP contribution in [0.25, 0.3) is 10.2 Å². The molecule has 0 amide bonds. The van der Waals surface area contributed by atoms with Gasteiger partial charge in [-0.1, -0.05) is 37.3 Å². The van der Waals surface area contributed by atoms with E-state index < -0.39 is 0 Å². The number of benzene rings is 1. The molecule has 0 aliphatic carbocycles. The Balaban J connectivity index is 1.99. The van der Waals surface area contributed by atoms with E-state index in [1.165, 1.54) is 0 Å². The number of rotatable bonds is 5. The second-order valence-electron chi connectivity index (χ2n) is 4.90. The summed E-state index contributed by atoms with van der Waals surface area (Å²) in [7, 11) is 1.86. The molecule has 19 heavy (non-hydrogen) atoms. The van der Waals surface area contributed by atoms with Gasteiger partial charge in [0.25, 0.3) is 0 Å². The van der Waals surface area contributed by atoms with Crippen molar-refractivity contribution in [3.63, 3.8) is 0 Å². The van der Waals surface area contributed by atoms with Crippen LogP contribution >= 0.6 is 11.3 Å². The molecule has 1 aromatic carbocycles. The van der Waals surface area contributed by atoms with E-state index in [0.717, 1.165) is 15.3 Å². The van der Waals surface area contributed by atoms with Crippen LogP contribution in [0.3, 0.4) is 0 Å². The summed E-state index contributed by atoms with van der Waals surface area (Å²) in [5.41, 5.74) is 0.963. The number of hydrogen-bond donors (Lipinski definition) is 0. The van der Waals surface area contributed by atoms with E-state index in [0.29, 0.717) is 12.5 Å². The summed E-state index contributed by atoms with van der Waals surface area (Å²) in [5.74, 6) is 0.146. The summed E-state index contributed by atoms with van der Waals surface area (Å²) in [4.78, 5) is 18.0. The van der Waals surface area contributed by atoms with Crippen LogP contribution in [0.4, 0.5) is 5.13 Å². The van der Waals surface area contributed by atoms with Crippen molar-refractivity contribution in [1.82, 2.24) is 4.98 Å². The first-order chi connectivity index (χ1) is 9.06. The van der Waals surface area contributed by atoms with E-state index in [2.05, 4.69) is 4.98 Å². The third kappa shape index (κ3) is 3.67. The van der Waals surface area contributed by atoms with Gasteiger partial charge < -0.3 is 9.64 Å². The van der Waals surface area contributed by atoms with E-state index in [-0.39, 0.29) is 12.5 Å². The smallest absolute Gasteiger partial charge is 0.325 e. The Bertz CT molecular complexity index is 532. The number of anilines is 1. The average Bonchev–Trinajstić information content (AvgIpc) is 2.80. The van der Waals surface area contributed by atoms with Crippen molar-refractivity contribution in [3.05, 3.63) is 24.3 Å². The maximum absolute atomic E-state index is 11.7. The third-order valence-electron chi connectivity index (χ3n) is 2.55. The zero-order valence-corrected chi connectivity index (χ0v) is 12.2. The Morgan fingerprint density at radius 1 is 1.42 bits per heavy atom. The number of carbonyl (C=O) groups excluding carboxylic acids is 1. The number of aromatic nitrogens is 1. The van der Waals surface area contributed by atoms with Gasteiger partial charge in [0, 0.05) is 7.05 Å². The maximum Gasteiger partial charge on any atom is 0.325 e. The van der Waals surface area contributed by atoms with Crippen LogP contribution in [0.2, 0.25) is 0 Å². The summed E-state index contributed by atoms with van der Waals surface area (Å²) in [5, 5.41) is 0.836. The lowest BCUT2D eigenvalue weighted by Gasteiger charge is -2.15. The molecule has 0 atom stereocenters. The van der Waals surface area contributed by atoms with Gasteiger partial charge >= 0.3 is 5.97 Å². The highest BCUT2D eigenvalue weighted by atomic mass is 32.1. The highest BCUT2D eigenvalue weighted by Gasteiger charge is 2.13. The SMILES string of the molecule is CC(C)COC(=O)CN(C)c1nc2ccccc2s1. The monoisotopic (exact) mass is 278 g/mol. The van der Waals surface area contributed by atoms with Crippen LogP contribution in [-0.4, -0.2) is 31.2 Å². The van der Waals surface area contributed by atoms with Gasteiger partial charge in [0.1, 0.15) is 6.54 Å². The number of esters is 1. The number of fused-ring (bicyclic) bond motifs is 1. The van der Waals surface area contributed by atoms with Gasteiger partial charge in [0.05, 0.1) is 16.8 Å². The molecule has 5 heteroatoms. The minimum atomic E-state index is -0.213. The highest BCUT2D eigenvalue weighted by Crippen LogP contribution is 2.27. The van der Waals surface area contributed by atoms with E-state index in [1.54, 1.807) is 11.3 Å². The molecule has 0 fully saturated rings. The van der Waals surface area contributed by atoms with Crippen molar-refractivity contribution in [1.29, 1.82) is 0 Å². The molecule has 0 spiro atoms. The second kappa shape index (κ2) is 6.02. The van der Waals surface area contributed by atoms with Crippen LogP contribution < -0.4 is 4.90 Å². The van der Waals surface area contributed by atoms with Crippen LogP contribution in [-0.2, 0) is 9.53 Å². The fourth-order valence-electron chi connectivity index (χ4n) is 1.59. The summed E-state index contributed by atoms with van der Waals surface area (Å²) in [6, 6.07) is 7.95. The Morgan fingerprint density at radius 2 is 2.16 bits per heavy atom. The number of para-hydroxylation sites is 1. The van der Waals surface area contributed by atoms with E-state index >= 15 is 0 Å². The van der Waals surface area contributed by atoms with Crippen LogP contribution in [0.15, 0.2) is 24.3 Å². The predicted octanol–water partition coefficient (Wildman–Crippen LogP) is 2.93. The maximum atomic E-state index is 11.7. The largest absolute Gasteiger partial charge is 0.464 e. The molecule has 0 aliphatic heterocycles. The lowest BCUT2D eigenvalue weighted by molar-refractivity contribution is -0.142. The predicted molar refractivity (Wildman–Crippen MR) is 78.7 cm³/mol. The number of carbonyl (C=O) groups is 1. The molecule has 102 valence electrons. The van der Waals surface area contributed by atoms with Crippen molar-refractivity contribution in [3.8, 4) is 0 Å². The first kappa shape index (κ1) is 13.8. The molecule has 2 rings (SSSR count). The molecule has 2 aromatic rings. The van der Waals surface area contributed by atoms with E-state index in [4.69, 9.17) is 4.74 Å². The standard InChI is InChI=1S/C14H18N2O2S/c1-10(2)9-18-13(17)8-16(3)14-15-11-6-4-5-7-12(11)19-14/h4-7,10H,8-9H2,1-3H3. The molecule has 0 saturated carbocycles.